The largest absolute Gasteiger partial charge is 0.366 e. The Kier molecular flexibility index (Phi) is 5.47. The van der Waals surface area contributed by atoms with Gasteiger partial charge in [-0.15, -0.1) is 11.3 Å². The number of halogens is 1. The summed E-state index contributed by atoms with van der Waals surface area (Å²) in [6.07, 6.45) is 2.02. The molecule has 1 heterocycles. The van der Waals surface area contributed by atoms with Crippen LogP contribution in [0.15, 0.2) is 35.7 Å². The lowest BCUT2D eigenvalue weighted by atomic mass is 10.1. The Morgan fingerprint density at radius 2 is 2.24 bits per heavy atom. The van der Waals surface area contributed by atoms with Gasteiger partial charge in [0.05, 0.1) is 0 Å². The first-order chi connectivity index (χ1) is 10.1. The van der Waals surface area contributed by atoms with Gasteiger partial charge in [0.2, 0.25) is 5.91 Å². The van der Waals surface area contributed by atoms with Crippen LogP contribution in [0.1, 0.15) is 46.6 Å². The van der Waals surface area contributed by atoms with Crippen LogP contribution in [-0.4, -0.2) is 5.91 Å². The molecule has 1 aromatic heterocycles. The normalized spacial score (nSPS) is 12.3. The minimum absolute atomic E-state index is 0.201. The van der Waals surface area contributed by atoms with Crippen molar-refractivity contribution in [3.63, 3.8) is 0 Å². The Labute approximate surface area is 128 Å². The highest BCUT2D eigenvalue weighted by Gasteiger charge is 2.13. The molecule has 1 atom stereocenters. The van der Waals surface area contributed by atoms with E-state index in [2.05, 4.69) is 18.3 Å². The van der Waals surface area contributed by atoms with E-state index < -0.39 is 5.91 Å². The van der Waals surface area contributed by atoms with Crippen molar-refractivity contribution < 1.29 is 9.18 Å². The third-order valence-corrected chi connectivity index (χ3v) is 4.32. The van der Waals surface area contributed by atoms with E-state index in [1.54, 1.807) is 11.3 Å². The van der Waals surface area contributed by atoms with Crippen LogP contribution < -0.4 is 11.1 Å². The van der Waals surface area contributed by atoms with Crippen molar-refractivity contribution in [1.82, 2.24) is 5.32 Å². The minimum atomic E-state index is -0.542. The summed E-state index contributed by atoms with van der Waals surface area (Å²) in [7, 11) is 0. The number of carbonyl (C=O) groups excluding carboxylic acids is 1. The van der Waals surface area contributed by atoms with Gasteiger partial charge < -0.3 is 11.1 Å². The van der Waals surface area contributed by atoms with Crippen LogP contribution in [0.2, 0.25) is 0 Å². The maximum absolute atomic E-state index is 13.8. The van der Waals surface area contributed by atoms with Gasteiger partial charge in [-0.25, -0.2) is 4.39 Å². The van der Waals surface area contributed by atoms with Crippen LogP contribution in [0.5, 0.6) is 0 Å². The number of hydrogen-bond donors (Lipinski definition) is 2. The topological polar surface area (TPSA) is 55.1 Å². The van der Waals surface area contributed by atoms with Crippen LogP contribution in [0.4, 0.5) is 4.39 Å². The van der Waals surface area contributed by atoms with Crippen LogP contribution >= 0.6 is 11.3 Å². The van der Waals surface area contributed by atoms with Gasteiger partial charge >= 0.3 is 0 Å². The van der Waals surface area contributed by atoms with Crippen molar-refractivity contribution in [3.8, 4) is 0 Å². The summed E-state index contributed by atoms with van der Waals surface area (Å²) >= 11 is 1.69. The van der Waals surface area contributed by atoms with Crippen molar-refractivity contribution in [3.05, 3.63) is 57.5 Å². The van der Waals surface area contributed by atoms with Crippen LogP contribution in [-0.2, 0) is 6.54 Å². The smallest absolute Gasteiger partial charge is 0.248 e. The van der Waals surface area contributed by atoms with Gasteiger partial charge in [0, 0.05) is 28.6 Å². The quantitative estimate of drug-likeness (QED) is 0.821. The molecule has 1 unspecified atom stereocenters. The van der Waals surface area contributed by atoms with E-state index in [9.17, 15) is 9.18 Å². The average molecular weight is 306 g/mol. The van der Waals surface area contributed by atoms with Crippen molar-refractivity contribution in [2.45, 2.75) is 32.4 Å². The maximum Gasteiger partial charge on any atom is 0.248 e. The van der Waals surface area contributed by atoms with Gasteiger partial charge in [-0.2, -0.15) is 0 Å². The zero-order valence-electron chi connectivity index (χ0n) is 11.9. The molecule has 0 fully saturated rings. The van der Waals surface area contributed by atoms with Gasteiger partial charge in [0.1, 0.15) is 5.82 Å². The molecule has 0 aliphatic rings. The van der Waals surface area contributed by atoms with E-state index in [-0.39, 0.29) is 11.9 Å². The molecule has 0 aliphatic carbocycles. The predicted molar refractivity (Wildman–Crippen MR) is 83.7 cm³/mol. The molecule has 0 aliphatic heterocycles. The zero-order chi connectivity index (χ0) is 15.2. The molecule has 0 saturated carbocycles. The third-order valence-electron chi connectivity index (χ3n) is 3.33. The molecular formula is C16H19FN2OS. The fourth-order valence-electron chi connectivity index (χ4n) is 2.22. The lowest BCUT2D eigenvalue weighted by molar-refractivity contribution is 0.1000. The lowest BCUT2D eigenvalue weighted by Crippen LogP contribution is -2.21. The molecular weight excluding hydrogens is 287 g/mol. The van der Waals surface area contributed by atoms with Gasteiger partial charge in [-0.05, 0) is 36.1 Å². The number of nitrogens with two attached hydrogens (primary N) is 1. The summed E-state index contributed by atoms with van der Waals surface area (Å²) in [4.78, 5) is 12.4. The number of thiophene rings is 1. The highest BCUT2D eigenvalue weighted by molar-refractivity contribution is 7.10. The highest BCUT2D eigenvalue weighted by Crippen LogP contribution is 2.24. The number of rotatable bonds is 7. The summed E-state index contributed by atoms with van der Waals surface area (Å²) in [5.74, 6) is -0.867. The molecule has 1 aromatic carbocycles. The molecule has 1 amide bonds. The first kappa shape index (κ1) is 15.7. The van der Waals surface area contributed by atoms with Crippen LogP contribution in [0.3, 0.4) is 0 Å². The second kappa shape index (κ2) is 7.33. The maximum atomic E-state index is 13.8. The number of hydrogen-bond acceptors (Lipinski definition) is 3. The highest BCUT2D eigenvalue weighted by atomic mass is 32.1. The minimum Gasteiger partial charge on any atom is -0.366 e. The Balaban J connectivity index is 2.10. The number of amides is 1. The van der Waals surface area contributed by atoms with Crippen LogP contribution in [0.25, 0.3) is 0 Å². The molecule has 0 spiro atoms. The number of nitrogens with one attached hydrogen (secondary N) is 1. The molecule has 2 aromatic rings. The van der Waals surface area contributed by atoms with Gasteiger partial charge in [0.25, 0.3) is 0 Å². The molecule has 2 rings (SSSR count). The van der Waals surface area contributed by atoms with Crippen LogP contribution in [0, 0.1) is 5.82 Å². The van der Waals surface area contributed by atoms with Gasteiger partial charge in [-0.1, -0.05) is 19.4 Å². The fraction of sp³-hybridized carbons (Fsp3) is 0.312. The summed E-state index contributed by atoms with van der Waals surface area (Å²) in [6, 6.07) is 8.50. The van der Waals surface area contributed by atoms with Crippen molar-refractivity contribution in [1.29, 1.82) is 0 Å². The monoisotopic (exact) mass is 306 g/mol. The molecule has 21 heavy (non-hydrogen) atoms. The van der Waals surface area contributed by atoms with Gasteiger partial charge in [-0.3, -0.25) is 4.79 Å². The fourth-order valence-corrected chi connectivity index (χ4v) is 3.06. The summed E-state index contributed by atoms with van der Waals surface area (Å²) in [5.41, 5.74) is 6.03. The predicted octanol–water partition coefficient (Wildman–Crippen LogP) is 3.62. The molecule has 0 bridgehead atoms. The Hall–Kier alpha value is -1.72. The molecule has 0 saturated heterocycles. The lowest BCUT2D eigenvalue weighted by Gasteiger charge is -2.17. The van der Waals surface area contributed by atoms with E-state index in [0.29, 0.717) is 17.7 Å². The van der Waals surface area contributed by atoms with E-state index in [0.717, 1.165) is 12.8 Å². The second-order valence-electron chi connectivity index (χ2n) is 4.91. The molecule has 3 nitrogen and oxygen atoms in total. The standard InChI is InChI=1S/C16H19FN2OS/c1-2-4-14(15-5-3-8-21-15)19-10-12-9-11(16(18)20)6-7-13(12)17/h3,5-9,14,19H,2,4,10H2,1H3,(H2,18,20). The Bertz CT molecular complexity index is 598. The molecule has 112 valence electrons. The molecule has 0 radical (unpaired) electrons. The van der Waals surface area contributed by atoms with Crippen molar-refractivity contribution in [2.75, 3.05) is 0 Å². The first-order valence-electron chi connectivity index (χ1n) is 6.96. The molecule has 3 N–H and O–H groups in total. The summed E-state index contributed by atoms with van der Waals surface area (Å²) in [5, 5.41) is 5.40. The van der Waals surface area contributed by atoms with E-state index in [1.165, 1.54) is 23.1 Å². The number of carbonyl (C=O) groups is 1. The van der Waals surface area contributed by atoms with E-state index in [1.807, 2.05) is 11.4 Å². The van der Waals surface area contributed by atoms with Crippen molar-refractivity contribution in [2.24, 2.45) is 5.73 Å². The third kappa shape index (κ3) is 4.12. The Morgan fingerprint density at radius 1 is 1.43 bits per heavy atom. The number of primary amides is 1. The number of benzene rings is 1. The van der Waals surface area contributed by atoms with E-state index >= 15 is 0 Å². The van der Waals surface area contributed by atoms with E-state index in [4.69, 9.17) is 5.73 Å². The first-order valence-corrected chi connectivity index (χ1v) is 7.84. The zero-order valence-corrected chi connectivity index (χ0v) is 12.8. The SMILES string of the molecule is CCCC(NCc1cc(C(N)=O)ccc1F)c1cccs1. The Morgan fingerprint density at radius 3 is 2.86 bits per heavy atom. The summed E-state index contributed by atoms with van der Waals surface area (Å²) < 4.78 is 13.8. The second-order valence-corrected chi connectivity index (χ2v) is 5.89. The van der Waals surface area contributed by atoms with Crippen molar-refractivity contribution >= 4 is 17.2 Å². The average Bonchev–Trinajstić information content (AvgIpc) is 2.98. The van der Waals surface area contributed by atoms with Gasteiger partial charge in [0.15, 0.2) is 0 Å². The summed E-state index contributed by atoms with van der Waals surface area (Å²) in [6.45, 7) is 2.49. The molecule has 5 heteroatoms.